The lowest BCUT2D eigenvalue weighted by Crippen LogP contribution is -2.52. The van der Waals surface area contributed by atoms with Gasteiger partial charge in [0.05, 0.1) is 13.2 Å². The molecular weight excluding hydrogens is 482 g/mol. The Morgan fingerprint density at radius 2 is 1.63 bits per heavy atom. The summed E-state index contributed by atoms with van der Waals surface area (Å²) in [5.41, 5.74) is 4.73. The Hall–Kier alpha value is -3.26. The van der Waals surface area contributed by atoms with Gasteiger partial charge in [0.1, 0.15) is 17.0 Å². The van der Waals surface area contributed by atoms with Crippen molar-refractivity contribution in [3.63, 3.8) is 0 Å². The molecular formula is C30H39N3O5. The maximum Gasteiger partial charge on any atom is 0.410 e. The van der Waals surface area contributed by atoms with Crippen molar-refractivity contribution in [2.75, 3.05) is 44.7 Å². The summed E-state index contributed by atoms with van der Waals surface area (Å²) in [6, 6.07) is 12.3. The van der Waals surface area contributed by atoms with Gasteiger partial charge in [0.15, 0.2) is 0 Å². The number of rotatable bonds is 2. The van der Waals surface area contributed by atoms with Gasteiger partial charge in [-0.15, -0.1) is 0 Å². The molecule has 38 heavy (non-hydrogen) atoms. The second kappa shape index (κ2) is 10.5. The first-order valence-corrected chi connectivity index (χ1v) is 13.7. The van der Waals surface area contributed by atoms with Gasteiger partial charge in [-0.1, -0.05) is 12.1 Å². The van der Waals surface area contributed by atoms with E-state index in [0.717, 1.165) is 48.2 Å². The number of amides is 3. The molecule has 8 nitrogen and oxygen atoms in total. The summed E-state index contributed by atoms with van der Waals surface area (Å²) in [4.78, 5) is 28.6. The van der Waals surface area contributed by atoms with Crippen LogP contribution in [0.25, 0.3) is 11.1 Å². The molecule has 5 rings (SSSR count). The van der Waals surface area contributed by atoms with Crippen molar-refractivity contribution in [1.82, 2.24) is 9.80 Å². The van der Waals surface area contributed by atoms with Crippen LogP contribution in [0, 0.1) is 6.92 Å². The minimum absolute atomic E-state index is 0.0889. The molecule has 2 saturated heterocycles. The normalized spacial score (nSPS) is 18.9. The molecule has 0 unspecified atom stereocenters. The topological polar surface area (TPSA) is 80.3 Å². The lowest BCUT2D eigenvalue weighted by atomic mass is 9.82. The molecule has 0 atom stereocenters. The summed E-state index contributed by atoms with van der Waals surface area (Å²) in [6.07, 6.45) is 3.27. The molecule has 3 heterocycles. The van der Waals surface area contributed by atoms with E-state index in [-0.39, 0.29) is 17.7 Å². The average Bonchev–Trinajstić information content (AvgIpc) is 2.89. The molecule has 2 aromatic rings. The number of hydrogen-bond acceptors (Lipinski definition) is 5. The van der Waals surface area contributed by atoms with E-state index in [1.807, 2.05) is 32.9 Å². The van der Waals surface area contributed by atoms with Gasteiger partial charge in [0.25, 0.3) is 0 Å². The third-order valence-corrected chi connectivity index (χ3v) is 7.66. The fraction of sp³-hybridized carbons (Fsp3) is 0.533. The van der Waals surface area contributed by atoms with Crippen molar-refractivity contribution < 1.29 is 23.8 Å². The van der Waals surface area contributed by atoms with Gasteiger partial charge in [-0.25, -0.2) is 9.59 Å². The van der Waals surface area contributed by atoms with Crippen LogP contribution in [0.15, 0.2) is 36.4 Å². The summed E-state index contributed by atoms with van der Waals surface area (Å²) in [7, 11) is 0. The highest BCUT2D eigenvalue weighted by Gasteiger charge is 2.41. The average molecular weight is 522 g/mol. The SMILES string of the molecule is Cc1cc2c(cc1-c1ccc(NC(=O)N3CCOCC3)cc1)CCC1(CCN(C(=O)OC(C)(C)C)CC1)O2. The Morgan fingerprint density at radius 1 is 0.947 bits per heavy atom. The minimum Gasteiger partial charge on any atom is -0.487 e. The Balaban J connectivity index is 1.23. The number of carbonyl (C=O) groups is 2. The van der Waals surface area contributed by atoms with Crippen molar-refractivity contribution in [3.8, 4) is 16.9 Å². The summed E-state index contributed by atoms with van der Waals surface area (Å²) in [5, 5.41) is 2.99. The van der Waals surface area contributed by atoms with Crippen molar-refractivity contribution >= 4 is 17.8 Å². The molecule has 0 aliphatic carbocycles. The molecule has 3 amide bonds. The summed E-state index contributed by atoms with van der Waals surface area (Å²) in [5.74, 6) is 0.956. The van der Waals surface area contributed by atoms with Gasteiger partial charge >= 0.3 is 12.1 Å². The van der Waals surface area contributed by atoms with E-state index in [2.05, 4.69) is 36.5 Å². The van der Waals surface area contributed by atoms with Crippen LogP contribution in [0.3, 0.4) is 0 Å². The number of nitrogens with one attached hydrogen (secondary N) is 1. The maximum absolute atomic E-state index is 12.5. The van der Waals surface area contributed by atoms with Crippen LogP contribution in [0.1, 0.15) is 51.2 Å². The van der Waals surface area contributed by atoms with Crippen LogP contribution < -0.4 is 10.1 Å². The van der Waals surface area contributed by atoms with Crippen LogP contribution in [-0.2, 0) is 15.9 Å². The molecule has 0 aromatic heterocycles. The zero-order valence-electron chi connectivity index (χ0n) is 23.0. The third kappa shape index (κ3) is 5.90. The Labute approximate surface area is 225 Å². The molecule has 0 bridgehead atoms. The van der Waals surface area contributed by atoms with Crippen LogP contribution >= 0.6 is 0 Å². The predicted molar refractivity (Wildman–Crippen MR) is 147 cm³/mol. The summed E-state index contributed by atoms with van der Waals surface area (Å²) in [6.45, 7) is 11.5. The highest BCUT2D eigenvalue weighted by atomic mass is 16.6. The Bertz CT molecular complexity index is 1170. The molecule has 204 valence electrons. The Kier molecular flexibility index (Phi) is 7.27. The lowest BCUT2D eigenvalue weighted by Gasteiger charge is -2.44. The van der Waals surface area contributed by atoms with Crippen LogP contribution in [0.5, 0.6) is 5.75 Å². The molecule has 3 aliphatic rings. The van der Waals surface area contributed by atoms with Gasteiger partial charge in [-0.05, 0) is 87.1 Å². The molecule has 3 aliphatic heterocycles. The van der Waals surface area contributed by atoms with Gasteiger partial charge in [-0.3, -0.25) is 0 Å². The quantitative estimate of drug-likeness (QED) is 0.555. The van der Waals surface area contributed by atoms with E-state index < -0.39 is 5.60 Å². The number of fused-ring (bicyclic) bond motifs is 1. The number of nitrogens with zero attached hydrogens (tertiary/aromatic N) is 2. The molecule has 8 heteroatoms. The molecule has 0 radical (unpaired) electrons. The standard InChI is InChI=1S/C30H39N3O5/c1-21-19-26-23(9-10-30(37-26)11-13-33(14-12-30)28(35)38-29(2,3)4)20-25(21)22-5-7-24(8-6-22)31-27(34)32-15-17-36-18-16-32/h5-8,19-20H,9-18H2,1-4H3,(H,31,34). The third-order valence-electron chi connectivity index (χ3n) is 7.66. The first-order chi connectivity index (χ1) is 18.1. The van der Waals surface area contributed by atoms with Crippen LogP contribution in [-0.4, -0.2) is 72.5 Å². The molecule has 2 fully saturated rings. The second-order valence-electron chi connectivity index (χ2n) is 11.6. The first-order valence-electron chi connectivity index (χ1n) is 13.7. The number of carbonyl (C=O) groups excluding carboxylic acids is 2. The van der Waals surface area contributed by atoms with Gasteiger partial charge in [0, 0.05) is 44.7 Å². The van der Waals surface area contributed by atoms with E-state index in [0.29, 0.717) is 39.4 Å². The molecule has 0 saturated carbocycles. The second-order valence-corrected chi connectivity index (χ2v) is 11.6. The van der Waals surface area contributed by atoms with E-state index in [1.165, 1.54) is 11.1 Å². The van der Waals surface area contributed by atoms with Gasteiger partial charge in [0.2, 0.25) is 0 Å². The number of urea groups is 1. The van der Waals surface area contributed by atoms with E-state index >= 15 is 0 Å². The maximum atomic E-state index is 12.5. The van der Waals surface area contributed by atoms with Crippen molar-refractivity contribution in [2.45, 2.75) is 64.6 Å². The van der Waals surface area contributed by atoms with Crippen LogP contribution in [0.2, 0.25) is 0 Å². The van der Waals surface area contributed by atoms with Gasteiger partial charge in [-0.2, -0.15) is 0 Å². The van der Waals surface area contributed by atoms with Crippen LogP contribution in [0.4, 0.5) is 15.3 Å². The number of piperidine rings is 1. The Morgan fingerprint density at radius 3 is 2.29 bits per heavy atom. The zero-order chi connectivity index (χ0) is 26.9. The largest absolute Gasteiger partial charge is 0.487 e. The van der Waals surface area contributed by atoms with E-state index in [4.69, 9.17) is 14.2 Å². The number of morpholine rings is 1. The molecule has 1 N–H and O–H groups in total. The highest BCUT2D eigenvalue weighted by Crippen LogP contribution is 2.42. The summed E-state index contributed by atoms with van der Waals surface area (Å²) < 4.78 is 17.5. The minimum atomic E-state index is -0.487. The smallest absolute Gasteiger partial charge is 0.410 e. The number of likely N-dealkylation sites (tertiary alicyclic amines) is 1. The highest BCUT2D eigenvalue weighted by molar-refractivity contribution is 5.89. The number of hydrogen-bond donors (Lipinski definition) is 1. The van der Waals surface area contributed by atoms with Crippen molar-refractivity contribution in [1.29, 1.82) is 0 Å². The fourth-order valence-electron chi connectivity index (χ4n) is 5.45. The lowest BCUT2D eigenvalue weighted by molar-refractivity contribution is -0.0272. The number of benzene rings is 2. The van der Waals surface area contributed by atoms with E-state index in [1.54, 1.807) is 9.80 Å². The first kappa shape index (κ1) is 26.4. The number of anilines is 1. The molecule has 1 spiro atoms. The predicted octanol–water partition coefficient (Wildman–Crippen LogP) is 5.62. The fourth-order valence-corrected chi connectivity index (χ4v) is 5.45. The molecule has 2 aromatic carbocycles. The van der Waals surface area contributed by atoms with Gasteiger partial charge < -0.3 is 29.3 Å². The van der Waals surface area contributed by atoms with E-state index in [9.17, 15) is 9.59 Å². The summed E-state index contributed by atoms with van der Waals surface area (Å²) >= 11 is 0. The number of aryl methyl sites for hydroxylation is 2. The zero-order valence-corrected chi connectivity index (χ0v) is 23.0. The number of ether oxygens (including phenoxy) is 3. The van der Waals surface area contributed by atoms with Crippen molar-refractivity contribution in [2.24, 2.45) is 0 Å². The monoisotopic (exact) mass is 521 g/mol. The van der Waals surface area contributed by atoms with Crippen molar-refractivity contribution in [3.05, 3.63) is 47.5 Å².